The lowest BCUT2D eigenvalue weighted by atomic mass is 9.81. The van der Waals surface area contributed by atoms with Crippen molar-refractivity contribution < 1.29 is 9.53 Å². The fourth-order valence-electron chi connectivity index (χ4n) is 2.34. The Hall–Kier alpha value is -1.31. The largest absolute Gasteiger partial charge is 0.492 e. The van der Waals surface area contributed by atoms with Crippen LogP contribution in [0.1, 0.15) is 56.1 Å². The molecule has 0 aliphatic carbocycles. The SMILES string of the molecule is CCc1cc2c(c(C(C)(C)C)c1)OCC(C)C2=O. The highest BCUT2D eigenvalue weighted by molar-refractivity contribution is 6.01. The van der Waals surface area contributed by atoms with Crippen LogP contribution in [0.15, 0.2) is 12.1 Å². The number of carbonyl (C=O) groups is 1. The van der Waals surface area contributed by atoms with Crippen LogP contribution in [0.4, 0.5) is 0 Å². The third-order valence-electron chi connectivity index (χ3n) is 3.56. The summed E-state index contributed by atoms with van der Waals surface area (Å²) in [6.45, 7) is 11.0. The van der Waals surface area contributed by atoms with Crippen LogP contribution in [-0.2, 0) is 11.8 Å². The first-order valence-electron chi connectivity index (χ1n) is 6.69. The summed E-state index contributed by atoms with van der Waals surface area (Å²) < 4.78 is 5.84. The predicted molar refractivity (Wildman–Crippen MR) is 73.5 cm³/mol. The van der Waals surface area contributed by atoms with Crippen molar-refractivity contribution in [2.24, 2.45) is 5.92 Å². The molecule has 2 nitrogen and oxygen atoms in total. The molecule has 2 heteroatoms. The molecular formula is C16H22O2. The van der Waals surface area contributed by atoms with Crippen LogP contribution in [0, 0.1) is 5.92 Å². The molecule has 98 valence electrons. The van der Waals surface area contributed by atoms with E-state index in [1.807, 2.05) is 13.0 Å². The van der Waals surface area contributed by atoms with Crippen molar-refractivity contribution >= 4 is 5.78 Å². The Kier molecular flexibility index (Phi) is 3.22. The van der Waals surface area contributed by atoms with Crippen molar-refractivity contribution in [3.05, 3.63) is 28.8 Å². The third-order valence-corrected chi connectivity index (χ3v) is 3.56. The zero-order chi connectivity index (χ0) is 13.5. The summed E-state index contributed by atoms with van der Waals surface area (Å²) in [5.41, 5.74) is 3.13. The van der Waals surface area contributed by atoms with E-state index in [0.29, 0.717) is 6.61 Å². The molecule has 0 spiro atoms. The van der Waals surface area contributed by atoms with E-state index in [1.165, 1.54) is 5.56 Å². The molecule has 1 aromatic rings. The number of benzene rings is 1. The normalized spacial score (nSPS) is 19.4. The summed E-state index contributed by atoms with van der Waals surface area (Å²) in [6.07, 6.45) is 0.942. The molecule has 0 N–H and O–H groups in total. The van der Waals surface area contributed by atoms with Gasteiger partial charge < -0.3 is 4.74 Å². The maximum absolute atomic E-state index is 12.3. The van der Waals surface area contributed by atoms with Gasteiger partial charge in [0.05, 0.1) is 18.1 Å². The van der Waals surface area contributed by atoms with E-state index >= 15 is 0 Å². The molecule has 1 unspecified atom stereocenters. The van der Waals surface area contributed by atoms with Crippen LogP contribution < -0.4 is 4.74 Å². The average Bonchev–Trinajstić information content (AvgIpc) is 2.31. The maximum Gasteiger partial charge on any atom is 0.172 e. The van der Waals surface area contributed by atoms with Gasteiger partial charge in [-0.15, -0.1) is 0 Å². The lowest BCUT2D eigenvalue weighted by Crippen LogP contribution is -2.28. The molecule has 1 aliphatic heterocycles. The number of Topliss-reactive ketones (excluding diaryl/α,β-unsaturated/α-hetero) is 1. The fourth-order valence-corrected chi connectivity index (χ4v) is 2.34. The molecule has 2 rings (SSSR count). The van der Waals surface area contributed by atoms with Crippen LogP contribution in [0.2, 0.25) is 0 Å². The average molecular weight is 246 g/mol. The van der Waals surface area contributed by atoms with E-state index in [0.717, 1.165) is 23.3 Å². The predicted octanol–water partition coefficient (Wildman–Crippen LogP) is 3.76. The Morgan fingerprint density at radius 3 is 2.56 bits per heavy atom. The van der Waals surface area contributed by atoms with E-state index in [2.05, 4.69) is 33.8 Å². The molecule has 0 saturated carbocycles. The molecule has 1 aliphatic rings. The molecule has 0 aromatic heterocycles. The lowest BCUT2D eigenvalue weighted by molar-refractivity contribution is 0.0846. The molecule has 1 aromatic carbocycles. The van der Waals surface area contributed by atoms with Gasteiger partial charge in [-0.05, 0) is 23.5 Å². The van der Waals surface area contributed by atoms with E-state index in [-0.39, 0.29) is 17.1 Å². The highest BCUT2D eigenvalue weighted by Crippen LogP contribution is 2.38. The fraction of sp³-hybridized carbons (Fsp3) is 0.562. The molecule has 0 saturated heterocycles. The number of ketones is 1. The minimum absolute atomic E-state index is 0.00385. The van der Waals surface area contributed by atoms with Gasteiger partial charge >= 0.3 is 0 Å². The molecule has 18 heavy (non-hydrogen) atoms. The Labute approximate surface area is 109 Å². The Morgan fingerprint density at radius 2 is 2.00 bits per heavy atom. The molecule has 0 bridgehead atoms. The minimum Gasteiger partial charge on any atom is -0.492 e. The summed E-state index contributed by atoms with van der Waals surface area (Å²) >= 11 is 0. The van der Waals surface area contributed by atoms with Crippen molar-refractivity contribution in [1.29, 1.82) is 0 Å². The number of rotatable bonds is 1. The lowest BCUT2D eigenvalue weighted by Gasteiger charge is -2.29. The van der Waals surface area contributed by atoms with Gasteiger partial charge in [0.2, 0.25) is 0 Å². The Balaban J connectivity index is 2.66. The van der Waals surface area contributed by atoms with Crippen molar-refractivity contribution in [1.82, 2.24) is 0 Å². The van der Waals surface area contributed by atoms with Gasteiger partial charge in [-0.1, -0.05) is 40.7 Å². The van der Waals surface area contributed by atoms with Crippen LogP contribution in [-0.4, -0.2) is 12.4 Å². The highest BCUT2D eigenvalue weighted by atomic mass is 16.5. The van der Waals surface area contributed by atoms with Crippen molar-refractivity contribution in [2.45, 2.75) is 46.5 Å². The smallest absolute Gasteiger partial charge is 0.172 e. The van der Waals surface area contributed by atoms with Crippen LogP contribution in [0.5, 0.6) is 5.75 Å². The van der Waals surface area contributed by atoms with Gasteiger partial charge in [-0.25, -0.2) is 0 Å². The van der Waals surface area contributed by atoms with Gasteiger partial charge in [0, 0.05) is 5.56 Å². The molecule has 1 atom stereocenters. The van der Waals surface area contributed by atoms with Gasteiger partial charge in [-0.3, -0.25) is 4.79 Å². The first-order valence-corrected chi connectivity index (χ1v) is 6.69. The van der Waals surface area contributed by atoms with Gasteiger partial charge in [0.25, 0.3) is 0 Å². The number of aryl methyl sites for hydroxylation is 1. The zero-order valence-corrected chi connectivity index (χ0v) is 12.0. The number of carbonyl (C=O) groups excluding carboxylic acids is 1. The highest BCUT2D eigenvalue weighted by Gasteiger charge is 2.31. The van der Waals surface area contributed by atoms with Crippen LogP contribution in [0.25, 0.3) is 0 Å². The maximum atomic E-state index is 12.3. The van der Waals surface area contributed by atoms with E-state index in [9.17, 15) is 4.79 Å². The standard InChI is InChI=1S/C16H22O2/c1-6-11-7-12-14(17)10(2)9-18-15(12)13(8-11)16(3,4)5/h7-8,10H,6,9H2,1-5H3. The summed E-state index contributed by atoms with van der Waals surface area (Å²) in [5.74, 6) is 0.997. The van der Waals surface area contributed by atoms with Crippen LogP contribution in [0.3, 0.4) is 0 Å². The van der Waals surface area contributed by atoms with Crippen molar-refractivity contribution in [3.8, 4) is 5.75 Å². The second kappa shape index (κ2) is 4.42. The van der Waals surface area contributed by atoms with Crippen LogP contribution >= 0.6 is 0 Å². The second-order valence-corrected chi connectivity index (χ2v) is 6.20. The van der Waals surface area contributed by atoms with Gasteiger partial charge in [0.15, 0.2) is 5.78 Å². The van der Waals surface area contributed by atoms with E-state index in [1.54, 1.807) is 0 Å². The first-order chi connectivity index (χ1) is 8.34. The number of fused-ring (bicyclic) bond motifs is 1. The number of ether oxygens (including phenoxy) is 1. The molecule has 1 heterocycles. The third kappa shape index (κ3) is 2.16. The number of hydrogen-bond donors (Lipinski definition) is 0. The number of hydrogen-bond acceptors (Lipinski definition) is 2. The second-order valence-electron chi connectivity index (χ2n) is 6.20. The van der Waals surface area contributed by atoms with Gasteiger partial charge in [-0.2, -0.15) is 0 Å². The quantitative estimate of drug-likeness (QED) is 0.754. The molecule has 0 amide bonds. The Morgan fingerprint density at radius 1 is 1.33 bits per heavy atom. The first kappa shape index (κ1) is 13.1. The molecule has 0 fully saturated rings. The topological polar surface area (TPSA) is 26.3 Å². The summed E-state index contributed by atoms with van der Waals surface area (Å²) in [6, 6.07) is 4.19. The van der Waals surface area contributed by atoms with Gasteiger partial charge in [0.1, 0.15) is 5.75 Å². The minimum atomic E-state index is -0.0302. The van der Waals surface area contributed by atoms with Crippen molar-refractivity contribution in [3.63, 3.8) is 0 Å². The monoisotopic (exact) mass is 246 g/mol. The van der Waals surface area contributed by atoms with E-state index < -0.39 is 0 Å². The van der Waals surface area contributed by atoms with Crippen molar-refractivity contribution in [2.75, 3.05) is 6.61 Å². The zero-order valence-electron chi connectivity index (χ0n) is 12.0. The van der Waals surface area contributed by atoms with E-state index in [4.69, 9.17) is 4.74 Å². The summed E-state index contributed by atoms with van der Waals surface area (Å²) in [4.78, 5) is 12.3. The molecular weight excluding hydrogens is 224 g/mol. The molecule has 0 radical (unpaired) electrons. The summed E-state index contributed by atoms with van der Waals surface area (Å²) in [7, 11) is 0. The summed E-state index contributed by atoms with van der Waals surface area (Å²) in [5, 5.41) is 0. The Bertz CT molecular complexity index is 481.